The molecule has 1 aromatic rings. The molecule has 0 spiro atoms. The lowest BCUT2D eigenvalue weighted by molar-refractivity contribution is -0.291. The monoisotopic (exact) mass is 260 g/mol. The van der Waals surface area contributed by atoms with Gasteiger partial charge in [0, 0.05) is 12.3 Å². The first-order valence-electron chi connectivity index (χ1n) is 5.10. The number of hydrogen-bond donors (Lipinski definition) is 5. The van der Waals surface area contributed by atoms with E-state index in [9.17, 15) is 24.9 Å². The van der Waals surface area contributed by atoms with Gasteiger partial charge in [-0.15, -0.1) is 0 Å². The van der Waals surface area contributed by atoms with Crippen LogP contribution >= 0.6 is 0 Å². The average molecular weight is 260 g/mol. The van der Waals surface area contributed by atoms with Crippen LogP contribution in [0.5, 0.6) is 0 Å². The zero-order chi connectivity index (χ0) is 13.5. The highest BCUT2D eigenvalue weighted by molar-refractivity contribution is 4.96. The molecule has 2 heterocycles. The molecule has 9 heteroatoms. The average Bonchev–Trinajstić information content (AvgIpc) is 2.54. The van der Waals surface area contributed by atoms with Crippen LogP contribution < -0.4 is 11.2 Å². The maximum Gasteiger partial charge on any atom is 0.332 e. The standard InChI is InChI=1S/C9H12N2O7/c12-3-4-6(14)7(15)9(17,18-4)11-2-1-5(13)10-8(11)16/h1-2,4,6-7,12,14-15,17H,3H2,(H,10,13,16)/t4-,6-,7+,9+/m1/s1. The zero-order valence-electron chi connectivity index (χ0n) is 9.05. The lowest BCUT2D eigenvalue weighted by Crippen LogP contribution is -2.51. The van der Waals surface area contributed by atoms with Crippen LogP contribution in [0, 0.1) is 0 Å². The van der Waals surface area contributed by atoms with Gasteiger partial charge in [0.05, 0.1) is 6.61 Å². The molecule has 0 unspecified atom stereocenters. The lowest BCUT2D eigenvalue weighted by atomic mass is 10.1. The molecule has 2 rings (SSSR count). The maximum absolute atomic E-state index is 11.5. The summed E-state index contributed by atoms with van der Waals surface area (Å²) in [6.45, 7) is -0.654. The van der Waals surface area contributed by atoms with Crippen LogP contribution in [0.3, 0.4) is 0 Å². The number of aromatic amines is 1. The fourth-order valence-electron chi connectivity index (χ4n) is 1.80. The van der Waals surface area contributed by atoms with Crippen LogP contribution in [-0.2, 0) is 10.6 Å². The third kappa shape index (κ3) is 1.78. The lowest BCUT2D eigenvalue weighted by Gasteiger charge is -2.27. The van der Waals surface area contributed by atoms with Gasteiger partial charge >= 0.3 is 5.69 Å². The van der Waals surface area contributed by atoms with Crippen molar-refractivity contribution in [2.75, 3.05) is 6.61 Å². The Hall–Kier alpha value is -1.52. The van der Waals surface area contributed by atoms with Gasteiger partial charge in [0.25, 0.3) is 11.5 Å². The minimum absolute atomic E-state index is 0.526. The van der Waals surface area contributed by atoms with E-state index in [4.69, 9.17) is 9.84 Å². The molecule has 1 aliphatic heterocycles. The number of aliphatic hydroxyl groups excluding tert-OH is 3. The first-order valence-corrected chi connectivity index (χ1v) is 5.10. The van der Waals surface area contributed by atoms with E-state index in [1.54, 1.807) is 0 Å². The Kier molecular flexibility index (Phi) is 3.09. The van der Waals surface area contributed by atoms with Gasteiger partial charge in [-0.3, -0.25) is 9.78 Å². The van der Waals surface area contributed by atoms with Gasteiger partial charge in [-0.05, 0) is 0 Å². The van der Waals surface area contributed by atoms with Crippen molar-refractivity contribution < 1.29 is 25.2 Å². The summed E-state index contributed by atoms with van der Waals surface area (Å²) in [6, 6.07) is 0.939. The zero-order valence-corrected chi connectivity index (χ0v) is 9.05. The molecule has 1 aromatic heterocycles. The molecule has 0 radical (unpaired) electrons. The van der Waals surface area contributed by atoms with Crippen molar-refractivity contribution in [1.82, 2.24) is 9.55 Å². The van der Waals surface area contributed by atoms with Gasteiger partial charge in [0.2, 0.25) is 0 Å². The molecule has 0 aliphatic carbocycles. The van der Waals surface area contributed by atoms with Crippen LogP contribution in [0.2, 0.25) is 0 Å². The Morgan fingerprint density at radius 3 is 2.61 bits per heavy atom. The number of nitrogens with one attached hydrogen (secondary N) is 1. The summed E-state index contributed by atoms with van der Waals surface area (Å²) in [7, 11) is 0. The van der Waals surface area contributed by atoms with E-state index in [0.717, 1.165) is 12.3 Å². The molecule has 4 atom stereocenters. The number of nitrogens with zero attached hydrogens (tertiary/aromatic N) is 1. The smallest absolute Gasteiger partial charge is 0.332 e. The summed E-state index contributed by atoms with van der Waals surface area (Å²) in [6.07, 6.45) is -3.75. The highest BCUT2D eigenvalue weighted by Crippen LogP contribution is 2.31. The number of hydrogen-bond acceptors (Lipinski definition) is 7. The molecular weight excluding hydrogens is 248 g/mol. The Labute approximate surface area is 99.5 Å². The second kappa shape index (κ2) is 4.30. The molecule has 18 heavy (non-hydrogen) atoms. The molecule has 1 saturated heterocycles. The summed E-state index contributed by atoms with van der Waals surface area (Å²) in [5, 5.41) is 38.2. The molecule has 0 amide bonds. The third-order valence-corrected chi connectivity index (χ3v) is 2.76. The number of aromatic nitrogens is 2. The normalized spacial score (nSPS) is 35.9. The SMILES string of the molecule is O=c1ccn([C@@]2(O)O[C@H](CO)[C@@H](O)[C@@H]2O)c(=O)[nH]1. The minimum atomic E-state index is -2.55. The summed E-state index contributed by atoms with van der Waals surface area (Å²) < 4.78 is 5.40. The van der Waals surface area contributed by atoms with E-state index in [1.165, 1.54) is 0 Å². The van der Waals surface area contributed by atoms with Crippen molar-refractivity contribution in [2.24, 2.45) is 0 Å². The first-order chi connectivity index (χ1) is 8.40. The van der Waals surface area contributed by atoms with Gasteiger partial charge in [0.1, 0.15) is 12.2 Å². The number of ether oxygens (including phenoxy) is 1. The summed E-state index contributed by atoms with van der Waals surface area (Å²) in [4.78, 5) is 24.2. The number of aliphatic hydroxyl groups is 4. The second-order valence-electron chi connectivity index (χ2n) is 3.91. The molecule has 5 N–H and O–H groups in total. The molecule has 1 aliphatic rings. The fraction of sp³-hybridized carbons (Fsp3) is 0.556. The van der Waals surface area contributed by atoms with Crippen LogP contribution in [0.1, 0.15) is 0 Å². The highest BCUT2D eigenvalue weighted by Gasteiger charge is 2.55. The van der Waals surface area contributed by atoms with Gasteiger partial charge in [-0.2, -0.15) is 0 Å². The Bertz CT molecular complexity index is 552. The van der Waals surface area contributed by atoms with Gasteiger partial charge in [-0.1, -0.05) is 0 Å². The predicted molar refractivity (Wildman–Crippen MR) is 55.5 cm³/mol. The van der Waals surface area contributed by atoms with Gasteiger partial charge in [0.15, 0.2) is 6.10 Å². The molecule has 9 nitrogen and oxygen atoms in total. The third-order valence-electron chi connectivity index (χ3n) is 2.76. The Morgan fingerprint density at radius 1 is 1.44 bits per heavy atom. The van der Waals surface area contributed by atoms with E-state index in [0.29, 0.717) is 4.57 Å². The van der Waals surface area contributed by atoms with Crippen molar-refractivity contribution in [3.05, 3.63) is 33.1 Å². The first kappa shape index (κ1) is 12.9. The molecule has 0 bridgehead atoms. The molecular formula is C9H12N2O7. The molecule has 100 valence electrons. The second-order valence-corrected chi connectivity index (χ2v) is 3.91. The largest absolute Gasteiger partial charge is 0.394 e. The van der Waals surface area contributed by atoms with Gasteiger partial charge in [-0.25, -0.2) is 9.36 Å². The van der Waals surface area contributed by atoms with E-state index >= 15 is 0 Å². The quantitative estimate of drug-likeness (QED) is 0.367. The van der Waals surface area contributed by atoms with Crippen molar-refractivity contribution >= 4 is 0 Å². The van der Waals surface area contributed by atoms with Crippen LogP contribution in [0.25, 0.3) is 0 Å². The van der Waals surface area contributed by atoms with Crippen LogP contribution in [0.15, 0.2) is 21.9 Å². The summed E-state index contributed by atoms with van der Waals surface area (Å²) in [5.74, 6) is -2.55. The van der Waals surface area contributed by atoms with Gasteiger partial charge < -0.3 is 25.2 Å². The molecule has 0 saturated carbocycles. The molecule has 1 fully saturated rings. The van der Waals surface area contributed by atoms with Crippen molar-refractivity contribution in [3.8, 4) is 0 Å². The van der Waals surface area contributed by atoms with Crippen molar-refractivity contribution in [2.45, 2.75) is 24.2 Å². The Balaban J connectivity index is 2.49. The highest BCUT2D eigenvalue weighted by atomic mass is 16.7. The number of H-pyrrole nitrogens is 1. The maximum atomic E-state index is 11.5. The van der Waals surface area contributed by atoms with E-state index in [2.05, 4.69) is 0 Å². The van der Waals surface area contributed by atoms with Crippen LogP contribution in [0.4, 0.5) is 0 Å². The Morgan fingerprint density at radius 2 is 2.11 bits per heavy atom. The predicted octanol–water partition coefficient (Wildman–Crippen LogP) is -3.75. The van der Waals surface area contributed by atoms with Crippen LogP contribution in [-0.4, -0.2) is 54.9 Å². The minimum Gasteiger partial charge on any atom is -0.394 e. The number of rotatable bonds is 2. The van der Waals surface area contributed by atoms with E-state index in [-0.39, 0.29) is 0 Å². The van der Waals surface area contributed by atoms with Crippen molar-refractivity contribution in [1.29, 1.82) is 0 Å². The topological polar surface area (TPSA) is 145 Å². The summed E-state index contributed by atoms with van der Waals surface area (Å²) >= 11 is 0. The van der Waals surface area contributed by atoms with E-state index in [1.807, 2.05) is 4.98 Å². The van der Waals surface area contributed by atoms with Crippen molar-refractivity contribution in [3.63, 3.8) is 0 Å². The molecule has 0 aromatic carbocycles. The summed E-state index contributed by atoms with van der Waals surface area (Å²) in [5.41, 5.74) is -1.71. The fourth-order valence-corrected chi connectivity index (χ4v) is 1.80. The van der Waals surface area contributed by atoms with E-state index < -0.39 is 42.1 Å².